The van der Waals surface area contributed by atoms with Gasteiger partial charge in [-0.3, -0.25) is 0 Å². The molecule has 0 heterocycles. The van der Waals surface area contributed by atoms with E-state index in [0.717, 1.165) is 0 Å². The average molecular weight is 348 g/mol. The lowest BCUT2D eigenvalue weighted by Crippen LogP contribution is -2.46. The fraction of sp³-hybridized carbons (Fsp3) is 0.400. The molecule has 122 valence electrons. The highest BCUT2D eigenvalue weighted by atomic mass is 35.5. The van der Waals surface area contributed by atoms with E-state index in [-0.39, 0.29) is 30.6 Å². The zero-order valence-electron chi connectivity index (χ0n) is 9.70. The highest BCUT2D eigenvalue weighted by molar-refractivity contribution is 5.85. The smallest absolute Gasteiger partial charge is 0.319 e. The van der Waals surface area contributed by atoms with Gasteiger partial charge in [0, 0.05) is 5.56 Å². The predicted octanol–water partition coefficient (Wildman–Crippen LogP) is 4.46. The number of halogens is 10. The maximum atomic E-state index is 13.3. The summed E-state index contributed by atoms with van der Waals surface area (Å²) < 4.78 is 112. The summed E-state index contributed by atoms with van der Waals surface area (Å²) in [6.07, 6.45) is -11.0. The molecule has 0 amide bonds. The Morgan fingerprint density at radius 1 is 0.905 bits per heavy atom. The second kappa shape index (κ2) is 5.91. The first kappa shape index (κ1) is 19.8. The zero-order valence-corrected chi connectivity index (χ0v) is 10.5. The van der Waals surface area contributed by atoms with Crippen LogP contribution in [0.15, 0.2) is 18.2 Å². The van der Waals surface area contributed by atoms with Crippen LogP contribution < -0.4 is 5.73 Å². The molecule has 0 radical (unpaired) electrons. The highest BCUT2D eigenvalue weighted by Gasteiger charge is 2.62. The Morgan fingerprint density at radius 3 is 1.71 bits per heavy atom. The Hall–Kier alpha value is -1.16. The fourth-order valence-corrected chi connectivity index (χ4v) is 1.33. The first-order valence-corrected chi connectivity index (χ1v) is 4.85. The maximum Gasteiger partial charge on any atom is 0.455 e. The molecule has 1 aromatic rings. The summed E-state index contributed by atoms with van der Waals surface area (Å²) in [6.45, 7) is 0. The lowest BCUT2D eigenvalue weighted by Gasteiger charge is -2.26. The van der Waals surface area contributed by atoms with Crippen LogP contribution in [0.5, 0.6) is 0 Å². The normalized spacial score (nSPS) is 14.6. The van der Waals surface area contributed by atoms with E-state index >= 15 is 0 Å². The molecular weight excluding hydrogens is 341 g/mol. The Balaban J connectivity index is 0.00000400. The third kappa shape index (κ3) is 3.94. The molecule has 0 saturated heterocycles. The largest absolute Gasteiger partial charge is 0.455 e. The van der Waals surface area contributed by atoms with Crippen molar-refractivity contribution >= 4 is 12.4 Å². The van der Waals surface area contributed by atoms with Crippen LogP contribution >= 0.6 is 12.4 Å². The standard InChI is InChI=1S/C10H6F9N.ClH/c11-6-3-4(9(14,15)16)1-2-5(6)7(20)8(12,13)10(17,18)19;/h1-3,7H,20H2;1H/t7-;/m0./s1. The Morgan fingerprint density at radius 2 is 1.38 bits per heavy atom. The van der Waals surface area contributed by atoms with Crippen LogP contribution in [-0.4, -0.2) is 12.1 Å². The molecule has 0 aliphatic rings. The van der Waals surface area contributed by atoms with Crippen LogP contribution in [0.25, 0.3) is 0 Å². The molecule has 0 bridgehead atoms. The predicted molar refractivity (Wildman–Crippen MR) is 56.6 cm³/mol. The fourth-order valence-electron chi connectivity index (χ4n) is 1.33. The minimum absolute atomic E-state index is 0. The molecule has 0 aliphatic carbocycles. The first-order chi connectivity index (χ1) is 8.78. The van der Waals surface area contributed by atoms with Crippen molar-refractivity contribution in [3.63, 3.8) is 0 Å². The molecule has 1 rings (SSSR count). The van der Waals surface area contributed by atoms with Gasteiger partial charge in [0.05, 0.1) is 5.56 Å². The van der Waals surface area contributed by atoms with E-state index in [1.54, 1.807) is 0 Å². The second-order valence-corrected chi connectivity index (χ2v) is 3.83. The van der Waals surface area contributed by atoms with Crippen molar-refractivity contribution in [1.29, 1.82) is 0 Å². The van der Waals surface area contributed by atoms with Crippen molar-refractivity contribution in [2.75, 3.05) is 0 Å². The van der Waals surface area contributed by atoms with Gasteiger partial charge in [-0.25, -0.2) is 4.39 Å². The summed E-state index contributed by atoms with van der Waals surface area (Å²) in [5.74, 6) is -7.37. The van der Waals surface area contributed by atoms with Gasteiger partial charge in [-0.15, -0.1) is 12.4 Å². The van der Waals surface area contributed by atoms with Crippen LogP contribution in [0.4, 0.5) is 39.5 Å². The quantitative estimate of drug-likeness (QED) is 0.785. The molecule has 0 fully saturated rings. The molecule has 0 spiro atoms. The summed E-state index contributed by atoms with van der Waals surface area (Å²) in [4.78, 5) is 0. The first-order valence-electron chi connectivity index (χ1n) is 4.85. The van der Waals surface area contributed by atoms with Crippen molar-refractivity contribution in [2.24, 2.45) is 5.73 Å². The summed E-state index contributed by atoms with van der Waals surface area (Å²) in [6, 6.07) is -3.01. The highest BCUT2D eigenvalue weighted by Crippen LogP contribution is 2.44. The molecule has 2 N–H and O–H groups in total. The van der Waals surface area contributed by atoms with Crippen molar-refractivity contribution in [2.45, 2.75) is 24.3 Å². The van der Waals surface area contributed by atoms with E-state index < -0.39 is 41.3 Å². The van der Waals surface area contributed by atoms with Crippen molar-refractivity contribution in [1.82, 2.24) is 0 Å². The van der Waals surface area contributed by atoms with Crippen molar-refractivity contribution < 1.29 is 39.5 Å². The molecular formula is C10H7ClF9N. The van der Waals surface area contributed by atoms with Crippen LogP contribution in [0.2, 0.25) is 0 Å². The van der Waals surface area contributed by atoms with Crippen molar-refractivity contribution in [3.8, 4) is 0 Å². The van der Waals surface area contributed by atoms with E-state index in [9.17, 15) is 39.5 Å². The number of hydrogen-bond donors (Lipinski definition) is 1. The zero-order chi connectivity index (χ0) is 15.9. The molecule has 1 atom stereocenters. The summed E-state index contributed by atoms with van der Waals surface area (Å²) in [5, 5.41) is 0. The number of rotatable bonds is 2. The monoisotopic (exact) mass is 347 g/mol. The van der Waals surface area contributed by atoms with E-state index in [1.165, 1.54) is 0 Å². The Kier molecular flexibility index (Phi) is 5.59. The summed E-state index contributed by atoms with van der Waals surface area (Å²) in [7, 11) is 0. The lowest BCUT2D eigenvalue weighted by molar-refractivity contribution is -0.291. The molecule has 1 nitrogen and oxygen atoms in total. The van der Waals surface area contributed by atoms with Crippen LogP contribution in [-0.2, 0) is 6.18 Å². The van der Waals surface area contributed by atoms with Gasteiger partial charge in [0.25, 0.3) is 0 Å². The summed E-state index contributed by atoms with van der Waals surface area (Å²) >= 11 is 0. The number of benzene rings is 1. The van der Waals surface area contributed by atoms with Crippen LogP contribution in [0.3, 0.4) is 0 Å². The third-order valence-corrected chi connectivity index (χ3v) is 2.43. The maximum absolute atomic E-state index is 13.3. The molecule has 0 aliphatic heterocycles. The van der Waals surface area contributed by atoms with Gasteiger partial charge in [-0.2, -0.15) is 35.1 Å². The molecule has 1 aromatic carbocycles. The Labute approximate surface area is 118 Å². The number of alkyl halides is 8. The van der Waals surface area contributed by atoms with Crippen molar-refractivity contribution in [3.05, 3.63) is 35.1 Å². The minimum Gasteiger partial charge on any atom is -0.319 e. The van der Waals surface area contributed by atoms with Gasteiger partial charge in [0.15, 0.2) is 0 Å². The van der Waals surface area contributed by atoms with Crippen LogP contribution in [0, 0.1) is 5.82 Å². The molecule has 11 heteroatoms. The van der Waals surface area contributed by atoms with Crippen LogP contribution in [0.1, 0.15) is 17.2 Å². The molecule has 0 aromatic heterocycles. The van der Waals surface area contributed by atoms with Gasteiger partial charge < -0.3 is 5.73 Å². The molecule has 0 unspecified atom stereocenters. The van der Waals surface area contributed by atoms with E-state index in [0.29, 0.717) is 0 Å². The van der Waals surface area contributed by atoms with Gasteiger partial charge in [-0.1, -0.05) is 6.07 Å². The Bertz CT molecular complexity index is 494. The summed E-state index contributed by atoms with van der Waals surface area (Å²) in [5.41, 5.74) is 1.74. The van der Waals surface area contributed by atoms with Gasteiger partial charge in [-0.05, 0) is 12.1 Å². The second-order valence-electron chi connectivity index (χ2n) is 3.83. The topological polar surface area (TPSA) is 26.0 Å². The average Bonchev–Trinajstić information content (AvgIpc) is 2.25. The van der Waals surface area contributed by atoms with Gasteiger partial charge >= 0.3 is 18.3 Å². The van der Waals surface area contributed by atoms with E-state index in [2.05, 4.69) is 5.73 Å². The van der Waals surface area contributed by atoms with E-state index in [1.807, 2.05) is 0 Å². The molecule has 0 saturated carbocycles. The lowest BCUT2D eigenvalue weighted by atomic mass is 9.99. The number of hydrogen-bond acceptors (Lipinski definition) is 1. The minimum atomic E-state index is -6.05. The molecule has 21 heavy (non-hydrogen) atoms. The van der Waals surface area contributed by atoms with Gasteiger partial charge in [0.1, 0.15) is 11.9 Å². The number of nitrogens with two attached hydrogens (primary N) is 1. The van der Waals surface area contributed by atoms with E-state index in [4.69, 9.17) is 0 Å². The van der Waals surface area contributed by atoms with Gasteiger partial charge in [0.2, 0.25) is 0 Å². The SMILES string of the molecule is Cl.N[C@@H](c1ccc(C(F)(F)F)cc1F)C(F)(F)C(F)(F)F. The third-order valence-electron chi connectivity index (χ3n) is 2.43.